The van der Waals surface area contributed by atoms with E-state index in [2.05, 4.69) is 38.5 Å². The van der Waals surface area contributed by atoms with Crippen LogP contribution in [0.3, 0.4) is 0 Å². The summed E-state index contributed by atoms with van der Waals surface area (Å²) in [4.78, 5) is 16.2. The lowest BCUT2D eigenvalue weighted by Gasteiger charge is -2.40. The minimum atomic E-state index is 0.0398. The molecule has 0 spiro atoms. The molecule has 2 aromatic heterocycles. The maximum atomic E-state index is 12.8. The van der Waals surface area contributed by atoms with Crippen molar-refractivity contribution in [3.63, 3.8) is 0 Å². The SMILES string of the molecule is O=C(N[C@H]1CNCCC2CCC21)c1ccc2c(-c3ccsc3)c[nH]c2c1. The van der Waals surface area contributed by atoms with Gasteiger partial charge in [0.1, 0.15) is 0 Å². The van der Waals surface area contributed by atoms with Crippen LogP contribution in [0.1, 0.15) is 29.6 Å². The van der Waals surface area contributed by atoms with Crippen molar-refractivity contribution in [2.45, 2.75) is 25.3 Å². The fourth-order valence-corrected chi connectivity index (χ4v) is 5.17. The predicted octanol–water partition coefficient (Wildman–Crippen LogP) is 4.01. The van der Waals surface area contributed by atoms with E-state index in [-0.39, 0.29) is 11.9 Å². The molecule has 0 radical (unpaired) electrons. The van der Waals surface area contributed by atoms with Crippen LogP contribution >= 0.6 is 11.3 Å². The first-order valence-corrected chi connectivity index (χ1v) is 10.4. The number of fused-ring (bicyclic) bond motifs is 2. The van der Waals surface area contributed by atoms with E-state index in [0.717, 1.165) is 35.5 Å². The number of nitrogens with one attached hydrogen (secondary N) is 3. The van der Waals surface area contributed by atoms with Crippen molar-refractivity contribution in [3.8, 4) is 11.1 Å². The quantitative estimate of drug-likeness (QED) is 0.657. The van der Waals surface area contributed by atoms with Gasteiger partial charge < -0.3 is 15.6 Å². The van der Waals surface area contributed by atoms with Gasteiger partial charge in [-0.15, -0.1) is 0 Å². The molecule has 3 atom stereocenters. The summed E-state index contributed by atoms with van der Waals surface area (Å²) in [7, 11) is 0. The van der Waals surface area contributed by atoms with Crippen molar-refractivity contribution >= 4 is 28.1 Å². The van der Waals surface area contributed by atoms with Crippen LogP contribution in [0.15, 0.2) is 41.2 Å². The summed E-state index contributed by atoms with van der Waals surface area (Å²) < 4.78 is 0. The summed E-state index contributed by atoms with van der Waals surface area (Å²) in [5.74, 6) is 1.47. The molecule has 1 aliphatic carbocycles. The zero-order valence-corrected chi connectivity index (χ0v) is 15.4. The number of aromatic nitrogens is 1. The Balaban J connectivity index is 1.38. The van der Waals surface area contributed by atoms with E-state index in [1.807, 2.05) is 18.3 Å². The third-order valence-corrected chi connectivity index (χ3v) is 6.83. The van der Waals surface area contributed by atoms with Crippen LogP contribution in [0, 0.1) is 11.8 Å². The Labute approximate surface area is 157 Å². The molecule has 0 bridgehead atoms. The molecule has 1 saturated heterocycles. The van der Waals surface area contributed by atoms with Crippen LogP contribution in [0.5, 0.6) is 0 Å². The highest BCUT2D eigenvalue weighted by Crippen LogP contribution is 2.40. The highest BCUT2D eigenvalue weighted by atomic mass is 32.1. The highest BCUT2D eigenvalue weighted by molar-refractivity contribution is 7.08. The molecule has 3 aromatic rings. The number of aromatic amines is 1. The molecule has 2 aliphatic rings. The molecule has 1 amide bonds. The Kier molecular flexibility index (Phi) is 4.06. The van der Waals surface area contributed by atoms with Gasteiger partial charge in [0, 0.05) is 40.8 Å². The van der Waals surface area contributed by atoms with Crippen molar-refractivity contribution in [1.82, 2.24) is 15.6 Å². The average Bonchev–Trinajstić information content (AvgIpc) is 3.26. The molecule has 2 unspecified atom stereocenters. The fourth-order valence-electron chi connectivity index (χ4n) is 4.51. The number of thiophene rings is 1. The molecular weight excluding hydrogens is 342 g/mol. The van der Waals surface area contributed by atoms with Crippen LogP contribution in [0.25, 0.3) is 22.0 Å². The Bertz CT molecular complexity index is 930. The Morgan fingerprint density at radius 2 is 2.15 bits per heavy atom. The molecule has 5 rings (SSSR count). The second kappa shape index (κ2) is 6.56. The largest absolute Gasteiger partial charge is 0.361 e. The Morgan fingerprint density at radius 3 is 2.96 bits per heavy atom. The third kappa shape index (κ3) is 2.75. The summed E-state index contributed by atoms with van der Waals surface area (Å²) in [6.45, 7) is 1.97. The van der Waals surface area contributed by atoms with Crippen LogP contribution in [-0.4, -0.2) is 30.0 Å². The number of carbonyl (C=O) groups is 1. The van der Waals surface area contributed by atoms with E-state index < -0.39 is 0 Å². The second-order valence-electron chi connectivity index (χ2n) is 7.55. The number of benzene rings is 1. The summed E-state index contributed by atoms with van der Waals surface area (Å²) in [5.41, 5.74) is 4.16. The predicted molar refractivity (Wildman–Crippen MR) is 107 cm³/mol. The zero-order valence-electron chi connectivity index (χ0n) is 14.6. The van der Waals surface area contributed by atoms with Gasteiger partial charge >= 0.3 is 0 Å². The normalized spacial score (nSPS) is 25.3. The molecule has 3 heterocycles. The lowest BCUT2D eigenvalue weighted by atomic mass is 9.69. The standard InChI is InChI=1S/C21H23N3OS/c25-21(24-20-11-22-7-5-13-1-3-16(13)20)14-2-4-17-18(10-23-19(17)9-14)15-6-8-26-12-15/h2,4,6,8-10,12-13,16,20,22-23H,1,3,5,7,11H2,(H,24,25)/t13?,16?,20-/m0/s1. The van der Waals surface area contributed by atoms with E-state index >= 15 is 0 Å². The van der Waals surface area contributed by atoms with Crippen molar-refractivity contribution in [3.05, 3.63) is 46.8 Å². The number of carbonyl (C=O) groups excluding carboxylic acids is 1. The number of H-pyrrole nitrogens is 1. The number of hydrogen-bond acceptors (Lipinski definition) is 3. The topological polar surface area (TPSA) is 56.9 Å². The summed E-state index contributed by atoms with van der Waals surface area (Å²) >= 11 is 1.70. The Hall–Kier alpha value is -2.11. The van der Waals surface area contributed by atoms with Crippen LogP contribution in [0.4, 0.5) is 0 Å². The molecular formula is C21H23N3OS. The summed E-state index contributed by atoms with van der Waals surface area (Å²) in [6.07, 6.45) is 5.84. The monoisotopic (exact) mass is 365 g/mol. The van der Waals surface area contributed by atoms with E-state index in [1.165, 1.54) is 30.4 Å². The maximum Gasteiger partial charge on any atom is 0.251 e. The van der Waals surface area contributed by atoms with Crippen LogP contribution in [0.2, 0.25) is 0 Å². The highest BCUT2D eigenvalue weighted by Gasteiger charge is 2.38. The van der Waals surface area contributed by atoms with Gasteiger partial charge in [-0.25, -0.2) is 0 Å². The van der Waals surface area contributed by atoms with Crippen molar-refractivity contribution in [1.29, 1.82) is 0 Å². The van der Waals surface area contributed by atoms with E-state index in [1.54, 1.807) is 11.3 Å². The van der Waals surface area contributed by atoms with Crippen LogP contribution < -0.4 is 10.6 Å². The molecule has 3 N–H and O–H groups in total. The van der Waals surface area contributed by atoms with Crippen molar-refractivity contribution < 1.29 is 4.79 Å². The lowest BCUT2D eigenvalue weighted by Crippen LogP contribution is -2.49. The van der Waals surface area contributed by atoms with Crippen LogP contribution in [-0.2, 0) is 0 Å². The number of rotatable bonds is 3. The molecule has 1 aliphatic heterocycles. The van der Waals surface area contributed by atoms with E-state index in [0.29, 0.717) is 5.92 Å². The summed E-state index contributed by atoms with van der Waals surface area (Å²) in [6, 6.07) is 8.37. The van der Waals surface area contributed by atoms with Gasteiger partial charge in [-0.1, -0.05) is 6.07 Å². The van der Waals surface area contributed by atoms with Crippen molar-refractivity contribution in [2.24, 2.45) is 11.8 Å². The van der Waals surface area contributed by atoms with Gasteiger partial charge in [0.2, 0.25) is 0 Å². The molecule has 2 fully saturated rings. The first-order valence-electron chi connectivity index (χ1n) is 9.45. The van der Waals surface area contributed by atoms with Gasteiger partial charge in [0.15, 0.2) is 0 Å². The van der Waals surface area contributed by atoms with E-state index in [9.17, 15) is 4.79 Å². The first kappa shape index (κ1) is 16.1. The molecule has 26 heavy (non-hydrogen) atoms. The van der Waals surface area contributed by atoms with Gasteiger partial charge in [0.25, 0.3) is 5.91 Å². The van der Waals surface area contributed by atoms with Gasteiger partial charge in [0.05, 0.1) is 0 Å². The summed E-state index contributed by atoms with van der Waals surface area (Å²) in [5, 5.41) is 12.2. The number of hydrogen-bond donors (Lipinski definition) is 3. The van der Waals surface area contributed by atoms with Gasteiger partial charge in [-0.2, -0.15) is 11.3 Å². The van der Waals surface area contributed by atoms with E-state index in [4.69, 9.17) is 0 Å². The zero-order chi connectivity index (χ0) is 17.5. The van der Waals surface area contributed by atoms with Gasteiger partial charge in [-0.3, -0.25) is 4.79 Å². The molecule has 1 saturated carbocycles. The fraction of sp³-hybridized carbons (Fsp3) is 0.381. The lowest BCUT2D eigenvalue weighted by molar-refractivity contribution is 0.0848. The third-order valence-electron chi connectivity index (χ3n) is 6.14. The smallest absolute Gasteiger partial charge is 0.251 e. The minimum Gasteiger partial charge on any atom is -0.361 e. The molecule has 5 heteroatoms. The molecule has 134 valence electrons. The number of amides is 1. The minimum absolute atomic E-state index is 0.0398. The van der Waals surface area contributed by atoms with Crippen molar-refractivity contribution in [2.75, 3.05) is 13.1 Å². The molecule has 4 nitrogen and oxygen atoms in total. The first-order chi connectivity index (χ1) is 12.8. The maximum absolute atomic E-state index is 12.8. The average molecular weight is 366 g/mol. The van der Waals surface area contributed by atoms with Gasteiger partial charge in [-0.05, 0) is 72.2 Å². The Morgan fingerprint density at radius 1 is 1.19 bits per heavy atom. The molecule has 1 aromatic carbocycles. The second-order valence-corrected chi connectivity index (χ2v) is 8.33.